The minimum absolute atomic E-state index is 0.325. The van der Waals surface area contributed by atoms with Crippen molar-refractivity contribution < 1.29 is 9.47 Å². The smallest absolute Gasteiger partial charge is 0.320 e. The van der Waals surface area contributed by atoms with Crippen LogP contribution < -0.4 is 20.8 Å². The van der Waals surface area contributed by atoms with E-state index in [0.29, 0.717) is 38.2 Å². The molecule has 3 aromatic rings. The van der Waals surface area contributed by atoms with Crippen molar-refractivity contribution >= 4 is 17.9 Å². The van der Waals surface area contributed by atoms with Gasteiger partial charge in [0.2, 0.25) is 0 Å². The molecule has 0 spiro atoms. The number of aryl methyl sites for hydroxylation is 1. The largest absolute Gasteiger partial charge is 0.463 e. The van der Waals surface area contributed by atoms with Gasteiger partial charge in [-0.1, -0.05) is 54.1 Å². The lowest BCUT2D eigenvalue weighted by molar-refractivity contribution is 0.122. The van der Waals surface area contributed by atoms with E-state index in [4.69, 9.17) is 15.2 Å². The zero-order valence-electron chi connectivity index (χ0n) is 18.9. The molecule has 0 saturated carbocycles. The van der Waals surface area contributed by atoms with Gasteiger partial charge >= 0.3 is 6.01 Å². The lowest BCUT2D eigenvalue weighted by Gasteiger charge is -2.28. The van der Waals surface area contributed by atoms with E-state index in [9.17, 15) is 0 Å². The summed E-state index contributed by atoms with van der Waals surface area (Å²) in [6.07, 6.45) is 2.53. The van der Waals surface area contributed by atoms with Gasteiger partial charge in [-0.05, 0) is 23.6 Å². The van der Waals surface area contributed by atoms with Crippen molar-refractivity contribution in [1.29, 1.82) is 0 Å². The number of anilines is 2. The van der Waals surface area contributed by atoms with E-state index in [1.165, 1.54) is 11.1 Å². The fourth-order valence-corrected chi connectivity index (χ4v) is 3.51. The van der Waals surface area contributed by atoms with Crippen LogP contribution >= 0.6 is 0 Å². The van der Waals surface area contributed by atoms with Crippen LogP contribution in [0.25, 0.3) is 0 Å². The van der Waals surface area contributed by atoms with Gasteiger partial charge in [0.1, 0.15) is 5.82 Å². The maximum Gasteiger partial charge on any atom is 0.320 e. The predicted molar refractivity (Wildman–Crippen MR) is 131 cm³/mol. The Labute approximate surface area is 194 Å². The minimum Gasteiger partial charge on any atom is -0.463 e. The molecule has 0 bridgehead atoms. The summed E-state index contributed by atoms with van der Waals surface area (Å²) in [6, 6.07) is 18.6. The van der Waals surface area contributed by atoms with Crippen LogP contribution in [0.15, 0.2) is 59.7 Å². The molecule has 1 aliphatic heterocycles. The van der Waals surface area contributed by atoms with E-state index >= 15 is 0 Å². The molecule has 0 aliphatic carbocycles. The number of hydrogen-bond acceptors (Lipinski definition) is 8. The highest BCUT2D eigenvalue weighted by atomic mass is 16.5. The highest BCUT2D eigenvalue weighted by Gasteiger charge is 2.15. The molecule has 0 unspecified atom stereocenters. The van der Waals surface area contributed by atoms with Crippen LogP contribution in [0.3, 0.4) is 0 Å². The number of rotatable bonds is 9. The molecular weight excluding hydrogens is 416 g/mol. The van der Waals surface area contributed by atoms with Crippen molar-refractivity contribution in [3.8, 4) is 6.01 Å². The molecule has 0 amide bonds. The summed E-state index contributed by atoms with van der Waals surface area (Å²) in [5.74, 6) is 1.38. The number of nitrogens with zero attached hydrogens (tertiary/aromatic N) is 4. The van der Waals surface area contributed by atoms with Crippen LogP contribution in [-0.4, -0.2) is 49.1 Å². The Morgan fingerprint density at radius 3 is 2.64 bits per heavy atom. The molecule has 1 aliphatic rings. The standard InChI is InChI=1S/C25H30N6O2/c1-19-3-2-4-22(15-19)18-27-30-23-16-24(31-10-13-32-14-11-31)29-25(28-23)33-12-9-20-5-7-21(17-26)8-6-20/h2-8,15-16,18H,9-14,17,26H2,1H3,(H,28,29,30)/b27-18+. The maximum atomic E-state index is 5.92. The number of hydrazone groups is 1. The zero-order valence-corrected chi connectivity index (χ0v) is 18.9. The lowest BCUT2D eigenvalue weighted by atomic mass is 10.1. The number of nitrogens with two attached hydrogens (primary N) is 1. The number of aromatic nitrogens is 2. The van der Waals surface area contributed by atoms with E-state index in [0.717, 1.165) is 36.5 Å². The SMILES string of the molecule is Cc1cccc(/C=N/Nc2cc(N3CCOCC3)nc(OCCc3ccc(CN)cc3)n2)c1. The average Bonchev–Trinajstić information content (AvgIpc) is 2.85. The number of ether oxygens (including phenoxy) is 2. The summed E-state index contributed by atoms with van der Waals surface area (Å²) in [4.78, 5) is 11.3. The third-order valence-electron chi connectivity index (χ3n) is 5.34. The third-order valence-corrected chi connectivity index (χ3v) is 5.34. The van der Waals surface area contributed by atoms with E-state index in [1.807, 2.05) is 30.3 Å². The zero-order chi connectivity index (χ0) is 22.9. The quantitative estimate of drug-likeness (QED) is 0.385. The van der Waals surface area contributed by atoms with Crippen molar-refractivity contribution in [2.45, 2.75) is 19.9 Å². The van der Waals surface area contributed by atoms with Gasteiger partial charge < -0.3 is 20.1 Å². The monoisotopic (exact) mass is 446 g/mol. The molecule has 2 heterocycles. The van der Waals surface area contributed by atoms with Gasteiger partial charge in [0.05, 0.1) is 26.0 Å². The summed E-state index contributed by atoms with van der Waals surface area (Å²) in [6.45, 7) is 5.97. The Kier molecular flexibility index (Phi) is 7.84. The van der Waals surface area contributed by atoms with Gasteiger partial charge in [-0.15, -0.1) is 0 Å². The summed E-state index contributed by atoms with van der Waals surface area (Å²) >= 11 is 0. The number of benzene rings is 2. The third kappa shape index (κ3) is 6.74. The highest BCUT2D eigenvalue weighted by Crippen LogP contribution is 2.21. The first-order valence-corrected chi connectivity index (χ1v) is 11.2. The molecule has 0 atom stereocenters. The molecule has 172 valence electrons. The van der Waals surface area contributed by atoms with E-state index in [2.05, 4.69) is 56.6 Å². The molecule has 1 aromatic heterocycles. The van der Waals surface area contributed by atoms with Gasteiger partial charge in [-0.3, -0.25) is 5.43 Å². The number of morpholine rings is 1. The molecule has 1 saturated heterocycles. The fourth-order valence-electron chi connectivity index (χ4n) is 3.51. The Morgan fingerprint density at radius 2 is 1.88 bits per heavy atom. The van der Waals surface area contributed by atoms with Gasteiger partial charge in [0, 0.05) is 32.1 Å². The Balaban J connectivity index is 1.44. The first kappa shape index (κ1) is 22.7. The topological polar surface area (TPSA) is 97.9 Å². The Hall–Kier alpha value is -3.49. The van der Waals surface area contributed by atoms with Gasteiger partial charge in [-0.25, -0.2) is 0 Å². The van der Waals surface area contributed by atoms with Crippen LogP contribution in [0.1, 0.15) is 22.3 Å². The molecule has 8 nitrogen and oxygen atoms in total. The van der Waals surface area contributed by atoms with Crippen LogP contribution in [0.5, 0.6) is 6.01 Å². The fraction of sp³-hybridized carbons (Fsp3) is 0.320. The molecule has 3 N–H and O–H groups in total. The van der Waals surface area contributed by atoms with Crippen LogP contribution in [-0.2, 0) is 17.7 Å². The Bertz CT molecular complexity index is 1060. The first-order chi connectivity index (χ1) is 16.2. The van der Waals surface area contributed by atoms with Crippen molar-refractivity contribution in [2.75, 3.05) is 43.2 Å². The molecule has 2 aromatic carbocycles. The van der Waals surface area contributed by atoms with E-state index in [1.54, 1.807) is 6.21 Å². The minimum atomic E-state index is 0.325. The van der Waals surface area contributed by atoms with E-state index in [-0.39, 0.29) is 0 Å². The van der Waals surface area contributed by atoms with Crippen molar-refractivity contribution in [2.24, 2.45) is 10.8 Å². The number of hydrogen-bond donors (Lipinski definition) is 2. The predicted octanol–water partition coefficient (Wildman–Crippen LogP) is 3.15. The molecule has 1 fully saturated rings. The maximum absolute atomic E-state index is 5.92. The van der Waals surface area contributed by atoms with Gasteiger partial charge in [-0.2, -0.15) is 15.1 Å². The molecular formula is C25H30N6O2. The molecule has 4 rings (SSSR count). The second-order valence-electron chi connectivity index (χ2n) is 7.90. The second-order valence-corrected chi connectivity index (χ2v) is 7.90. The number of nitrogens with one attached hydrogen (secondary N) is 1. The molecule has 0 radical (unpaired) electrons. The summed E-state index contributed by atoms with van der Waals surface area (Å²) in [5.41, 5.74) is 13.2. The molecule has 33 heavy (non-hydrogen) atoms. The van der Waals surface area contributed by atoms with Crippen LogP contribution in [0.2, 0.25) is 0 Å². The first-order valence-electron chi connectivity index (χ1n) is 11.2. The lowest BCUT2D eigenvalue weighted by Crippen LogP contribution is -2.36. The average molecular weight is 447 g/mol. The Morgan fingerprint density at radius 1 is 1.09 bits per heavy atom. The second kappa shape index (κ2) is 11.4. The van der Waals surface area contributed by atoms with Crippen LogP contribution in [0.4, 0.5) is 11.6 Å². The molecule has 8 heteroatoms. The van der Waals surface area contributed by atoms with Gasteiger partial charge in [0.25, 0.3) is 0 Å². The van der Waals surface area contributed by atoms with Crippen LogP contribution in [0, 0.1) is 6.92 Å². The van der Waals surface area contributed by atoms with Crippen molar-refractivity contribution in [3.05, 3.63) is 76.9 Å². The summed E-state index contributed by atoms with van der Waals surface area (Å²) in [5, 5.41) is 4.35. The normalized spacial score (nSPS) is 13.9. The van der Waals surface area contributed by atoms with Gasteiger partial charge in [0.15, 0.2) is 5.82 Å². The van der Waals surface area contributed by atoms with Crippen molar-refractivity contribution in [1.82, 2.24) is 9.97 Å². The summed E-state index contributed by atoms with van der Waals surface area (Å²) in [7, 11) is 0. The van der Waals surface area contributed by atoms with E-state index < -0.39 is 0 Å². The summed E-state index contributed by atoms with van der Waals surface area (Å²) < 4.78 is 11.4. The highest BCUT2D eigenvalue weighted by molar-refractivity contribution is 5.80. The van der Waals surface area contributed by atoms with Crippen molar-refractivity contribution in [3.63, 3.8) is 0 Å².